The number of aliphatic hydroxyl groups is 5. The molecule has 1 rings (SSSR count). The molecular weight excluding hydrogens is 168 g/mol. The fraction of sp³-hybridized carbons (Fsp3) is 1.00. The standard InChI is InChI=1S/C6H12O6/c7-1-2-3(8)4(9)5(10)6(11)12-2/h2-11H,1H2/t2-,3?,4?,5?,6+/m1/s1. The van der Waals surface area contributed by atoms with Crippen LogP contribution < -0.4 is 0 Å². The molecule has 0 radical (unpaired) electrons. The number of ether oxygens (including phenoxy) is 1. The molecule has 0 saturated carbocycles. The second-order valence-corrected chi connectivity index (χ2v) is 2.72. The topological polar surface area (TPSA) is 110 Å². The molecule has 0 amide bonds. The third kappa shape index (κ3) is 1.58. The summed E-state index contributed by atoms with van der Waals surface area (Å²) in [6.45, 7) is -0.526. The van der Waals surface area contributed by atoms with Gasteiger partial charge >= 0.3 is 0 Å². The molecule has 6 heteroatoms. The minimum Gasteiger partial charge on any atom is -0.394 e. The van der Waals surface area contributed by atoms with Gasteiger partial charge in [-0.1, -0.05) is 0 Å². The van der Waals surface area contributed by atoms with Crippen LogP contribution in [0.4, 0.5) is 0 Å². The van der Waals surface area contributed by atoms with Crippen molar-refractivity contribution >= 4 is 0 Å². The van der Waals surface area contributed by atoms with Crippen LogP contribution in [0.3, 0.4) is 0 Å². The fourth-order valence-corrected chi connectivity index (χ4v) is 1.08. The average Bonchev–Trinajstić information content (AvgIpc) is 2.08. The van der Waals surface area contributed by atoms with Gasteiger partial charge in [0, 0.05) is 0 Å². The van der Waals surface area contributed by atoms with E-state index in [0.717, 1.165) is 0 Å². The van der Waals surface area contributed by atoms with Crippen LogP contribution in [0.25, 0.3) is 0 Å². The van der Waals surface area contributed by atoms with Gasteiger partial charge in [0.15, 0.2) is 6.29 Å². The second-order valence-electron chi connectivity index (χ2n) is 2.72. The summed E-state index contributed by atoms with van der Waals surface area (Å²) in [7, 11) is 0. The van der Waals surface area contributed by atoms with Crippen molar-refractivity contribution in [3.8, 4) is 0 Å². The van der Waals surface area contributed by atoms with Gasteiger partial charge in [0.05, 0.1) is 6.61 Å². The van der Waals surface area contributed by atoms with E-state index in [9.17, 15) is 0 Å². The van der Waals surface area contributed by atoms with E-state index in [0.29, 0.717) is 0 Å². The van der Waals surface area contributed by atoms with Crippen LogP contribution in [-0.4, -0.2) is 62.8 Å². The van der Waals surface area contributed by atoms with E-state index in [1.165, 1.54) is 0 Å². The zero-order valence-corrected chi connectivity index (χ0v) is 6.24. The van der Waals surface area contributed by atoms with E-state index in [4.69, 9.17) is 25.5 Å². The van der Waals surface area contributed by atoms with Crippen molar-refractivity contribution in [3.63, 3.8) is 0 Å². The summed E-state index contributed by atoms with van der Waals surface area (Å²) in [4.78, 5) is 0. The maximum absolute atomic E-state index is 9.12. The smallest absolute Gasteiger partial charge is 0.184 e. The van der Waals surface area contributed by atoms with Crippen LogP contribution in [0.15, 0.2) is 0 Å². The molecule has 0 spiro atoms. The molecule has 0 aromatic heterocycles. The number of hydrogen-bond acceptors (Lipinski definition) is 6. The lowest BCUT2D eigenvalue weighted by molar-refractivity contribution is -0.286. The molecule has 1 saturated heterocycles. The molecule has 5 atom stereocenters. The van der Waals surface area contributed by atoms with Crippen molar-refractivity contribution in [2.75, 3.05) is 6.61 Å². The number of aliphatic hydroxyl groups excluding tert-OH is 5. The molecule has 6 nitrogen and oxygen atoms in total. The molecule has 0 aromatic rings. The van der Waals surface area contributed by atoms with E-state index in [2.05, 4.69) is 4.74 Å². The van der Waals surface area contributed by atoms with E-state index in [-0.39, 0.29) is 0 Å². The van der Waals surface area contributed by atoms with Gasteiger partial charge in [-0.2, -0.15) is 0 Å². The zero-order chi connectivity index (χ0) is 9.30. The number of rotatable bonds is 1. The Balaban J connectivity index is 2.63. The highest BCUT2D eigenvalue weighted by Crippen LogP contribution is 2.18. The molecule has 5 N–H and O–H groups in total. The maximum atomic E-state index is 9.12. The summed E-state index contributed by atoms with van der Waals surface area (Å²) in [5, 5.41) is 44.7. The highest BCUT2D eigenvalue weighted by atomic mass is 16.6. The van der Waals surface area contributed by atoms with Gasteiger partial charge in [0.25, 0.3) is 0 Å². The van der Waals surface area contributed by atoms with Gasteiger partial charge in [-0.25, -0.2) is 0 Å². The molecule has 72 valence electrons. The lowest BCUT2D eigenvalue weighted by Crippen LogP contribution is -2.58. The van der Waals surface area contributed by atoms with Crippen LogP contribution in [0.1, 0.15) is 0 Å². The quantitative estimate of drug-likeness (QED) is 0.290. The first-order chi connectivity index (χ1) is 5.57. The fourth-order valence-electron chi connectivity index (χ4n) is 1.08. The predicted octanol–water partition coefficient (Wildman–Crippen LogP) is -3.22. The van der Waals surface area contributed by atoms with Gasteiger partial charge in [0.1, 0.15) is 24.4 Å². The van der Waals surface area contributed by atoms with Gasteiger partial charge in [-0.3, -0.25) is 0 Å². The Hall–Kier alpha value is -0.240. The SMILES string of the molecule is OC[C@H]1O[C@H](O)C(O)C(O)C1O. The molecule has 0 bridgehead atoms. The molecule has 12 heavy (non-hydrogen) atoms. The minimum absolute atomic E-state index is 0.526. The van der Waals surface area contributed by atoms with E-state index < -0.39 is 37.3 Å². The molecule has 0 aliphatic carbocycles. The predicted molar refractivity (Wildman–Crippen MR) is 36.0 cm³/mol. The summed E-state index contributed by atoms with van der Waals surface area (Å²) in [6, 6.07) is 0. The van der Waals surface area contributed by atoms with Crippen molar-refractivity contribution in [1.29, 1.82) is 0 Å². The Kier molecular flexibility index (Phi) is 2.99. The van der Waals surface area contributed by atoms with Crippen molar-refractivity contribution < 1.29 is 30.3 Å². The van der Waals surface area contributed by atoms with Crippen molar-refractivity contribution in [3.05, 3.63) is 0 Å². The normalized spacial score (nSPS) is 49.2. The highest BCUT2D eigenvalue weighted by Gasteiger charge is 2.42. The first-order valence-corrected chi connectivity index (χ1v) is 3.56. The van der Waals surface area contributed by atoms with E-state index in [1.807, 2.05) is 0 Å². The minimum atomic E-state index is -1.57. The molecule has 1 aliphatic heterocycles. The van der Waals surface area contributed by atoms with Gasteiger partial charge in [-0.05, 0) is 0 Å². The van der Waals surface area contributed by atoms with Crippen LogP contribution in [0.2, 0.25) is 0 Å². The Morgan fingerprint density at radius 2 is 1.50 bits per heavy atom. The van der Waals surface area contributed by atoms with Gasteiger partial charge in [0.2, 0.25) is 0 Å². The Labute approximate surface area is 68.6 Å². The van der Waals surface area contributed by atoms with Crippen LogP contribution in [-0.2, 0) is 4.74 Å². The number of hydrogen-bond donors (Lipinski definition) is 5. The van der Waals surface area contributed by atoms with Crippen LogP contribution >= 0.6 is 0 Å². The maximum Gasteiger partial charge on any atom is 0.184 e. The third-order valence-electron chi connectivity index (χ3n) is 1.87. The molecule has 1 aliphatic rings. The van der Waals surface area contributed by atoms with Crippen molar-refractivity contribution in [1.82, 2.24) is 0 Å². The Morgan fingerprint density at radius 3 is 2.00 bits per heavy atom. The molecule has 1 fully saturated rings. The van der Waals surface area contributed by atoms with Gasteiger partial charge in [-0.15, -0.1) is 0 Å². The first kappa shape index (κ1) is 9.85. The lowest BCUT2D eigenvalue weighted by Gasteiger charge is -2.37. The molecule has 3 unspecified atom stereocenters. The van der Waals surface area contributed by atoms with E-state index >= 15 is 0 Å². The van der Waals surface area contributed by atoms with Crippen LogP contribution in [0, 0.1) is 0 Å². The summed E-state index contributed by atoms with van der Waals surface area (Å²) in [5.41, 5.74) is 0. The van der Waals surface area contributed by atoms with Crippen molar-refractivity contribution in [2.24, 2.45) is 0 Å². The molecule has 0 aromatic carbocycles. The molecular formula is C6H12O6. The van der Waals surface area contributed by atoms with Gasteiger partial charge < -0.3 is 30.3 Å². The zero-order valence-electron chi connectivity index (χ0n) is 6.24. The Morgan fingerprint density at radius 1 is 0.917 bits per heavy atom. The average molecular weight is 180 g/mol. The Bertz CT molecular complexity index is 146. The largest absolute Gasteiger partial charge is 0.394 e. The summed E-state index contributed by atoms with van der Waals surface area (Å²) in [5.74, 6) is 0. The highest BCUT2D eigenvalue weighted by molar-refractivity contribution is 4.87. The van der Waals surface area contributed by atoms with E-state index in [1.54, 1.807) is 0 Å². The second kappa shape index (κ2) is 3.65. The monoisotopic (exact) mass is 180 g/mol. The summed E-state index contributed by atoms with van der Waals surface area (Å²) in [6.07, 6.45) is -7.04. The lowest BCUT2D eigenvalue weighted by atomic mass is 10.00. The summed E-state index contributed by atoms with van der Waals surface area (Å²) < 4.78 is 4.58. The third-order valence-corrected chi connectivity index (χ3v) is 1.87. The molecule has 1 heterocycles. The van der Waals surface area contributed by atoms with Crippen molar-refractivity contribution in [2.45, 2.75) is 30.7 Å². The van der Waals surface area contributed by atoms with Crippen LogP contribution in [0.5, 0.6) is 0 Å². The summed E-state index contributed by atoms with van der Waals surface area (Å²) >= 11 is 0. The first-order valence-electron chi connectivity index (χ1n) is 3.56.